The fraction of sp³-hybridized carbons (Fsp3) is 0.650. The summed E-state index contributed by atoms with van der Waals surface area (Å²) in [6.45, 7) is 4.04. The second-order valence-corrected chi connectivity index (χ2v) is 7.24. The lowest BCUT2D eigenvalue weighted by atomic mass is 10.2. The summed E-state index contributed by atoms with van der Waals surface area (Å²) < 4.78 is 6.10. The predicted molar refractivity (Wildman–Crippen MR) is 121 cm³/mol. The Bertz CT molecular complexity index is 664. The third-order valence-corrected chi connectivity index (χ3v) is 5.28. The maximum absolute atomic E-state index is 11.8. The third-order valence-electron chi connectivity index (χ3n) is 5.28. The van der Waals surface area contributed by atoms with Gasteiger partial charge in [0, 0.05) is 50.9 Å². The van der Waals surface area contributed by atoms with E-state index in [1.165, 1.54) is 12.8 Å². The van der Waals surface area contributed by atoms with Crippen LogP contribution in [0.4, 0.5) is 0 Å². The first kappa shape index (κ1) is 22.7. The SMILES string of the molecule is CCC(=O)N1CCC(NC(=NC)NCc2cccnc2OC2CCCC2)C1.I. The highest BCUT2D eigenvalue weighted by molar-refractivity contribution is 14.0. The van der Waals surface area contributed by atoms with E-state index in [0.29, 0.717) is 18.8 Å². The van der Waals surface area contributed by atoms with E-state index in [9.17, 15) is 4.79 Å². The van der Waals surface area contributed by atoms with Gasteiger partial charge in [0.1, 0.15) is 6.10 Å². The van der Waals surface area contributed by atoms with Gasteiger partial charge in [-0.25, -0.2) is 4.98 Å². The Morgan fingerprint density at radius 1 is 1.36 bits per heavy atom. The molecule has 2 heterocycles. The van der Waals surface area contributed by atoms with Crippen molar-refractivity contribution in [1.82, 2.24) is 20.5 Å². The Kier molecular flexibility index (Phi) is 9.27. The summed E-state index contributed by atoms with van der Waals surface area (Å²) in [7, 11) is 1.76. The number of carbonyl (C=O) groups excluding carboxylic acids is 1. The van der Waals surface area contributed by atoms with Gasteiger partial charge in [-0.3, -0.25) is 9.79 Å². The zero-order valence-electron chi connectivity index (χ0n) is 16.8. The topological polar surface area (TPSA) is 78.9 Å². The zero-order valence-corrected chi connectivity index (χ0v) is 19.1. The Hall–Kier alpha value is -1.58. The van der Waals surface area contributed by atoms with Crippen molar-refractivity contribution < 1.29 is 9.53 Å². The maximum atomic E-state index is 11.8. The third kappa shape index (κ3) is 6.22. The van der Waals surface area contributed by atoms with Crippen molar-refractivity contribution in [3.8, 4) is 5.88 Å². The number of rotatable bonds is 6. The van der Waals surface area contributed by atoms with E-state index in [0.717, 1.165) is 43.9 Å². The molecule has 0 radical (unpaired) electrons. The number of aliphatic imine (C=N–C) groups is 1. The van der Waals surface area contributed by atoms with Crippen molar-refractivity contribution in [2.45, 2.75) is 64.1 Å². The van der Waals surface area contributed by atoms with Crippen molar-refractivity contribution >= 4 is 35.8 Å². The number of hydrogen-bond donors (Lipinski definition) is 2. The van der Waals surface area contributed by atoms with E-state index in [1.807, 2.05) is 24.0 Å². The van der Waals surface area contributed by atoms with Crippen LogP contribution in [0.15, 0.2) is 23.3 Å². The van der Waals surface area contributed by atoms with Crippen LogP contribution in [0.3, 0.4) is 0 Å². The van der Waals surface area contributed by atoms with Gasteiger partial charge in [-0.2, -0.15) is 0 Å². The van der Waals surface area contributed by atoms with E-state index < -0.39 is 0 Å². The number of guanidine groups is 1. The van der Waals surface area contributed by atoms with Crippen molar-refractivity contribution in [3.63, 3.8) is 0 Å². The number of halogens is 1. The fourth-order valence-corrected chi connectivity index (χ4v) is 3.72. The molecule has 0 spiro atoms. The van der Waals surface area contributed by atoms with E-state index in [2.05, 4.69) is 20.6 Å². The summed E-state index contributed by atoms with van der Waals surface area (Å²) in [5, 5.41) is 6.77. The molecule has 0 aromatic carbocycles. The van der Waals surface area contributed by atoms with Crippen LogP contribution in [0.2, 0.25) is 0 Å². The highest BCUT2D eigenvalue weighted by Gasteiger charge is 2.26. The number of carbonyl (C=O) groups is 1. The largest absolute Gasteiger partial charge is 0.474 e. The highest BCUT2D eigenvalue weighted by atomic mass is 127. The number of amides is 1. The average molecular weight is 501 g/mol. The number of aromatic nitrogens is 1. The molecule has 1 saturated carbocycles. The summed E-state index contributed by atoms with van der Waals surface area (Å²) in [6, 6.07) is 4.20. The zero-order chi connectivity index (χ0) is 19.1. The molecule has 156 valence electrons. The smallest absolute Gasteiger partial charge is 0.222 e. The average Bonchev–Trinajstić information content (AvgIpc) is 3.37. The molecule has 3 rings (SSSR count). The maximum Gasteiger partial charge on any atom is 0.222 e. The summed E-state index contributed by atoms with van der Waals surface area (Å²) in [4.78, 5) is 22.5. The molecule has 1 atom stereocenters. The summed E-state index contributed by atoms with van der Waals surface area (Å²) in [5.41, 5.74) is 1.03. The number of hydrogen-bond acceptors (Lipinski definition) is 4. The molecule has 1 saturated heterocycles. The van der Waals surface area contributed by atoms with Crippen LogP contribution < -0.4 is 15.4 Å². The molecule has 1 aliphatic carbocycles. The lowest BCUT2D eigenvalue weighted by Gasteiger charge is -2.19. The number of pyridine rings is 1. The van der Waals surface area contributed by atoms with Crippen LogP contribution >= 0.6 is 24.0 Å². The lowest BCUT2D eigenvalue weighted by molar-refractivity contribution is -0.129. The quantitative estimate of drug-likeness (QED) is 0.356. The molecule has 1 aliphatic heterocycles. The van der Waals surface area contributed by atoms with Crippen LogP contribution in [0.1, 0.15) is 51.0 Å². The van der Waals surface area contributed by atoms with Gasteiger partial charge in [-0.15, -0.1) is 24.0 Å². The van der Waals surface area contributed by atoms with Gasteiger partial charge < -0.3 is 20.3 Å². The number of likely N-dealkylation sites (tertiary alicyclic amines) is 1. The minimum absolute atomic E-state index is 0. The van der Waals surface area contributed by atoms with Crippen LogP contribution in [0.25, 0.3) is 0 Å². The first-order valence-electron chi connectivity index (χ1n) is 10.0. The van der Waals surface area contributed by atoms with Crippen LogP contribution in [-0.4, -0.2) is 54.0 Å². The van der Waals surface area contributed by atoms with Crippen molar-refractivity contribution in [3.05, 3.63) is 23.9 Å². The molecule has 2 N–H and O–H groups in total. The summed E-state index contributed by atoms with van der Waals surface area (Å²) in [5.74, 6) is 1.67. The normalized spacial score (nSPS) is 20.0. The van der Waals surface area contributed by atoms with E-state index in [1.54, 1.807) is 13.2 Å². The highest BCUT2D eigenvalue weighted by Crippen LogP contribution is 2.24. The molecule has 7 nitrogen and oxygen atoms in total. The monoisotopic (exact) mass is 501 g/mol. The predicted octanol–water partition coefficient (Wildman–Crippen LogP) is 2.70. The van der Waals surface area contributed by atoms with Crippen molar-refractivity contribution in [2.24, 2.45) is 4.99 Å². The van der Waals surface area contributed by atoms with Gasteiger partial charge in [0.2, 0.25) is 11.8 Å². The molecule has 1 aromatic rings. The molecular formula is C20H32IN5O2. The first-order chi connectivity index (χ1) is 13.2. The van der Waals surface area contributed by atoms with Crippen molar-refractivity contribution in [1.29, 1.82) is 0 Å². The number of nitrogens with one attached hydrogen (secondary N) is 2. The summed E-state index contributed by atoms with van der Waals surface area (Å²) >= 11 is 0. The van der Waals surface area contributed by atoms with Gasteiger partial charge in [-0.05, 0) is 38.2 Å². The summed E-state index contributed by atoms with van der Waals surface area (Å²) in [6.07, 6.45) is 8.26. The molecule has 0 bridgehead atoms. The van der Waals surface area contributed by atoms with E-state index in [4.69, 9.17) is 4.74 Å². The minimum Gasteiger partial charge on any atom is -0.474 e. The van der Waals surface area contributed by atoms with Crippen LogP contribution in [0.5, 0.6) is 5.88 Å². The van der Waals surface area contributed by atoms with E-state index in [-0.39, 0.29) is 42.0 Å². The second-order valence-electron chi connectivity index (χ2n) is 7.24. The van der Waals surface area contributed by atoms with Gasteiger partial charge >= 0.3 is 0 Å². The molecule has 1 unspecified atom stereocenters. The first-order valence-corrected chi connectivity index (χ1v) is 10.0. The number of nitrogens with zero attached hydrogens (tertiary/aromatic N) is 3. The Labute approximate surface area is 184 Å². The second kappa shape index (κ2) is 11.4. The van der Waals surface area contributed by atoms with Crippen LogP contribution in [-0.2, 0) is 11.3 Å². The number of ether oxygens (including phenoxy) is 1. The fourth-order valence-electron chi connectivity index (χ4n) is 3.72. The molecular weight excluding hydrogens is 469 g/mol. The van der Waals surface area contributed by atoms with Gasteiger partial charge in [-0.1, -0.05) is 13.0 Å². The van der Waals surface area contributed by atoms with Gasteiger partial charge in [0.25, 0.3) is 0 Å². The Morgan fingerprint density at radius 2 is 2.14 bits per heavy atom. The molecule has 1 aromatic heterocycles. The van der Waals surface area contributed by atoms with Gasteiger partial charge in [0.05, 0.1) is 0 Å². The molecule has 2 aliphatic rings. The molecule has 1 amide bonds. The standard InChI is InChI=1S/C20H31N5O2.HI/c1-3-18(26)25-12-10-16(14-25)24-20(21-2)23-13-15-7-6-11-22-19(15)27-17-8-4-5-9-17;/h6-7,11,16-17H,3-5,8-10,12-14H2,1-2H3,(H2,21,23,24);1H. The molecule has 8 heteroatoms. The van der Waals surface area contributed by atoms with Crippen LogP contribution in [0, 0.1) is 0 Å². The van der Waals surface area contributed by atoms with Crippen molar-refractivity contribution in [2.75, 3.05) is 20.1 Å². The minimum atomic E-state index is 0. The van der Waals surface area contributed by atoms with Gasteiger partial charge in [0.15, 0.2) is 5.96 Å². The lowest BCUT2D eigenvalue weighted by Crippen LogP contribution is -2.44. The Balaban J connectivity index is 0.00000280. The Morgan fingerprint density at radius 3 is 2.86 bits per heavy atom. The molecule has 2 fully saturated rings. The van der Waals surface area contributed by atoms with E-state index >= 15 is 0 Å². The molecule has 28 heavy (non-hydrogen) atoms.